The number of aromatic nitrogens is 4. The average Bonchev–Trinajstić information content (AvgIpc) is 4.03. The van der Waals surface area contributed by atoms with Crippen LogP contribution < -0.4 is 19.9 Å². The van der Waals surface area contributed by atoms with Gasteiger partial charge in [-0.3, -0.25) is 9.36 Å². The maximum atomic E-state index is 12.8. The number of ether oxygens (including phenoxy) is 1. The van der Waals surface area contributed by atoms with Gasteiger partial charge in [-0.1, -0.05) is 12.1 Å². The molecule has 16 nitrogen and oxygen atoms in total. The van der Waals surface area contributed by atoms with Gasteiger partial charge in [0.1, 0.15) is 5.75 Å². The highest BCUT2D eigenvalue weighted by Gasteiger charge is 2.29. The topological polar surface area (TPSA) is 211 Å². The minimum atomic E-state index is -4.08. The lowest BCUT2D eigenvalue weighted by atomic mass is 9.99. The van der Waals surface area contributed by atoms with Gasteiger partial charge in [-0.15, -0.1) is 5.26 Å². The zero-order valence-corrected chi connectivity index (χ0v) is 37.6. The second-order valence-electron chi connectivity index (χ2n) is 16.6. The van der Waals surface area contributed by atoms with Crippen LogP contribution >= 0.6 is 0 Å². The molecule has 0 saturated carbocycles. The van der Waals surface area contributed by atoms with Crippen molar-refractivity contribution in [2.24, 2.45) is 19.2 Å². The summed E-state index contributed by atoms with van der Waals surface area (Å²) < 4.78 is 58.2. The Labute approximate surface area is 354 Å². The molecule has 18 heteroatoms. The van der Waals surface area contributed by atoms with Crippen molar-refractivity contribution in [3.8, 4) is 12.0 Å². The summed E-state index contributed by atoms with van der Waals surface area (Å²) in [6.07, 6.45) is 14.7. The van der Waals surface area contributed by atoms with Crippen LogP contribution in [0.1, 0.15) is 108 Å². The number of primary sulfonamides is 1. The van der Waals surface area contributed by atoms with E-state index in [2.05, 4.69) is 32.4 Å². The molecule has 0 radical (unpaired) electrons. The Hall–Kier alpha value is -4.80. The number of amides is 2. The molecule has 2 atom stereocenters. The quantitative estimate of drug-likeness (QED) is 0.196. The average molecular weight is 863 g/mol. The van der Waals surface area contributed by atoms with Gasteiger partial charge in [0, 0.05) is 44.0 Å². The molecule has 2 heterocycles. The summed E-state index contributed by atoms with van der Waals surface area (Å²) in [5.74, 6) is 0.903. The van der Waals surface area contributed by atoms with Gasteiger partial charge in [0.25, 0.3) is 26.3 Å². The van der Waals surface area contributed by atoms with Gasteiger partial charge < -0.3 is 19.9 Å². The number of hydrogen-bond donors (Lipinski definition) is 3. The first-order valence-electron chi connectivity index (χ1n) is 20.5. The number of aryl methyl sites for hydroxylation is 6. The highest BCUT2D eigenvalue weighted by Crippen LogP contribution is 2.41. The van der Waals surface area contributed by atoms with Gasteiger partial charge in [0.2, 0.25) is 0 Å². The number of nitrogens with one attached hydrogen (secondary N) is 2. The summed E-state index contributed by atoms with van der Waals surface area (Å²) in [4.78, 5) is 16.6. The normalized spacial score (nSPS) is 16.1. The Balaban J connectivity index is 0.000000168. The second kappa shape index (κ2) is 18.0. The third-order valence-electron chi connectivity index (χ3n) is 12.3. The van der Waals surface area contributed by atoms with E-state index in [1.807, 2.05) is 58.1 Å². The van der Waals surface area contributed by atoms with Crippen molar-refractivity contribution in [1.82, 2.24) is 34.1 Å². The van der Waals surface area contributed by atoms with E-state index in [-0.39, 0.29) is 22.1 Å². The van der Waals surface area contributed by atoms with Crippen molar-refractivity contribution >= 4 is 31.8 Å². The number of carbonyl (C=O) groups excluding carboxylic acids is 1. The summed E-state index contributed by atoms with van der Waals surface area (Å²) in [6.45, 7) is 3.92. The van der Waals surface area contributed by atoms with Crippen molar-refractivity contribution in [1.29, 1.82) is 5.26 Å². The molecule has 2 amide bonds. The van der Waals surface area contributed by atoms with Crippen molar-refractivity contribution in [2.75, 3.05) is 33.5 Å². The zero-order chi connectivity index (χ0) is 43.7. The smallest absolute Gasteiger partial charge is 0.333 e. The van der Waals surface area contributed by atoms with Crippen LogP contribution in [0.4, 0.5) is 10.5 Å². The van der Waals surface area contributed by atoms with Crippen LogP contribution in [0.15, 0.2) is 34.3 Å². The fourth-order valence-electron chi connectivity index (χ4n) is 8.70. The molecule has 4 aliphatic carbocycles. The molecular formula is C42H58N10O6S2. The van der Waals surface area contributed by atoms with E-state index in [4.69, 9.17) is 15.1 Å². The van der Waals surface area contributed by atoms with Crippen LogP contribution in [-0.2, 0) is 85.5 Å². The molecule has 4 aromatic rings. The van der Waals surface area contributed by atoms with Crippen LogP contribution in [-0.4, -0.2) is 80.4 Å². The van der Waals surface area contributed by atoms with E-state index >= 15 is 0 Å². The van der Waals surface area contributed by atoms with Crippen LogP contribution in [0.5, 0.6) is 5.75 Å². The summed E-state index contributed by atoms with van der Waals surface area (Å²) >= 11 is 0. The molecule has 8 rings (SSSR count). The second-order valence-corrected chi connectivity index (χ2v) is 19.7. The van der Waals surface area contributed by atoms with E-state index < -0.39 is 26.1 Å². The Morgan fingerprint density at radius 2 is 1.12 bits per heavy atom. The summed E-state index contributed by atoms with van der Waals surface area (Å²) in [7, 11) is 3.25. The van der Waals surface area contributed by atoms with E-state index in [1.54, 1.807) is 14.1 Å². The first-order chi connectivity index (χ1) is 28.3. The molecule has 0 spiro atoms. The zero-order valence-electron chi connectivity index (χ0n) is 35.9. The molecule has 324 valence electrons. The van der Waals surface area contributed by atoms with Gasteiger partial charge >= 0.3 is 6.03 Å². The number of carbonyl (C=O) groups is 1. The highest BCUT2D eigenvalue weighted by atomic mass is 32.2. The Kier molecular flexibility index (Phi) is 13.5. The summed E-state index contributed by atoms with van der Waals surface area (Å²) in [5.41, 5.74) is 12.7. The molecule has 0 saturated heterocycles. The van der Waals surface area contributed by atoms with Crippen molar-refractivity contribution in [2.45, 2.75) is 113 Å². The third-order valence-corrected chi connectivity index (χ3v) is 14.3. The molecule has 60 heavy (non-hydrogen) atoms. The van der Waals surface area contributed by atoms with E-state index in [9.17, 15) is 21.6 Å². The SMILES string of the molecule is CC(c1cc(S(=O)(=O)NC(=O)Nc2c3c(cc4c2CCC4)CCC3)nn1C)N(C)C.CC(c1cc(S(N)(=O)=O)nn1C)N(C)C.N#COc1c2c(cc3c1CCC3)CCC2. The number of urea groups is 1. The molecule has 4 aliphatic rings. The van der Waals surface area contributed by atoms with Crippen molar-refractivity contribution in [3.63, 3.8) is 0 Å². The molecular weight excluding hydrogens is 805 g/mol. The van der Waals surface area contributed by atoms with E-state index in [1.165, 1.54) is 67.7 Å². The van der Waals surface area contributed by atoms with Gasteiger partial charge in [0.15, 0.2) is 10.1 Å². The van der Waals surface area contributed by atoms with Gasteiger partial charge in [-0.2, -0.15) is 18.6 Å². The van der Waals surface area contributed by atoms with Crippen molar-refractivity contribution in [3.05, 3.63) is 80.2 Å². The molecule has 2 unspecified atom stereocenters. The fraction of sp³-hybridized carbons (Fsp3) is 0.524. The van der Waals surface area contributed by atoms with Crippen LogP contribution in [0.25, 0.3) is 0 Å². The molecule has 0 aliphatic heterocycles. The van der Waals surface area contributed by atoms with Gasteiger partial charge in [0.05, 0.1) is 11.4 Å². The first-order valence-corrected chi connectivity index (χ1v) is 23.5. The number of fused-ring (bicyclic) bond motifs is 4. The van der Waals surface area contributed by atoms with Crippen LogP contribution in [0.3, 0.4) is 0 Å². The summed E-state index contributed by atoms with van der Waals surface area (Å²) in [5, 5.41) is 24.3. The van der Waals surface area contributed by atoms with Crippen LogP contribution in [0, 0.1) is 11.5 Å². The molecule has 4 N–H and O–H groups in total. The number of nitrogens with zero attached hydrogens (tertiary/aromatic N) is 7. The molecule has 2 aromatic heterocycles. The Morgan fingerprint density at radius 1 is 0.717 bits per heavy atom. The minimum Gasteiger partial charge on any atom is -0.387 e. The van der Waals surface area contributed by atoms with Gasteiger partial charge in [-0.05, 0) is 164 Å². The number of benzene rings is 2. The lowest BCUT2D eigenvalue weighted by Crippen LogP contribution is -2.35. The predicted molar refractivity (Wildman–Crippen MR) is 229 cm³/mol. The van der Waals surface area contributed by atoms with Crippen LogP contribution in [0.2, 0.25) is 0 Å². The number of nitrogens with two attached hydrogens (primary N) is 1. The predicted octanol–water partition coefficient (Wildman–Crippen LogP) is 4.74. The first kappa shape index (κ1) is 44.7. The molecule has 0 bridgehead atoms. The highest BCUT2D eigenvalue weighted by molar-refractivity contribution is 7.90. The summed E-state index contributed by atoms with van der Waals surface area (Å²) in [6, 6.07) is 6.95. The maximum absolute atomic E-state index is 12.8. The molecule has 2 aromatic carbocycles. The van der Waals surface area contributed by atoms with E-state index in [0.29, 0.717) is 0 Å². The lowest BCUT2D eigenvalue weighted by Gasteiger charge is -2.19. The number of sulfonamides is 2. The van der Waals surface area contributed by atoms with Gasteiger partial charge in [-0.25, -0.2) is 23.1 Å². The number of nitriles is 1. The lowest BCUT2D eigenvalue weighted by molar-refractivity contribution is 0.256. The van der Waals surface area contributed by atoms with Crippen molar-refractivity contribution < 1.29 is 26.4 Å². The standard InChI is InChI=1S/C21H29N5O3S.C13H13NO.C8H16N4O2S/c1-13(25(2)3)18-12-19(23-26(18)4)30(28,29)24-21(27)22-20-16-9-5-7-14(16)11-15-8-6-10-17(15)20;14-8-15-13-11-5-1-3-9(11)7-10-4-2-6-12(10)13;1-6(11(2)3)7-5-8(10-12(7)4)15(9,13)14/h11-13H,5-10H2,1-4H3,(H2,22,24,27);7H,1-6H2;5-6H,1-4H3,(H2,9,13,14). The Bertz CT molecular complexity index is 2470. The van der Waals surface area contributed by atoms with E-state index in [0.717, 1.165) is 98.2 Å². The monoisotopic (exact) mass is 862 g/mol. The number of rotatable bonds is 9. The largest absolute Gasteiger partial charge is 0.387 e. The number of hydrogen-bond acceptors (Lipinski definition) is 11. The fourth-order valence-corrected chi connectivity index (χ4v) is 10.1. The maximum Gasteiger partial charge on any atom is 0.333 e. The third kappa shape index (κ3) is 9.55. The minimum absolute atomic E-state index is 0.0187. The Morgan fingerprint density at radius 3 is 1.52 bits per heavy atom. The number of anilines is 1. The molecule has 0 fully saturated rings.